The number of rotatable bonds is 4. The van der Waals surface area contributed by atoms with E-state index in [0.29, 0.717) is 0 Å². The van der Waals surface area contributed by atoms with Gasteiger partial charge in [-0.05, 0) is 37.8 Å². The summed E-state index contributed by atoms with van der Waals surface area (Å²) in [5.41, 5.74) is 0.819. The number of hydrogen-bond donors (Lipinski definition) is 3. The molecule has 2 fully saturated rings. The van der Waals surface area contributed by atoms with Gasteiger partial charge < -0.3 is 20.6 Å². The summed E-state index contributed by atoms with van der Waals surface area (Å²) in [4.78, 5) is 28.6. The van der Waals surface area contributed by atoms with Gasteiger partial charge in [0.15, 0.2) is 11.5 Å². The van der Waals surface area contributed by atoms with Crippen molar-refractivity contribution in [3.05, 3.63) is 18.3 Å². The van der Waals surface area contributed by atoms with Crippen molar-refractivity contribution >= 4 is 28.9 Å². The van der Waals surface area contributed by atoms with Gasteiger partial charge in [0, 0.05) is 38.3 Å². The van der Waals surface area contributed by atoms with Crippen molar-refractivity contribution in [1.29, 1.82) is 0 Å². The number of aromatic nitrogens is 3. The van der Waals surface area contributed by atoms with Crippen molar-refractivity contribution in [3.8, 4) is 0 Å². The first-order chi connectivity index (χ1) is 13.0. The molecular weight excluding hydrogens is 348 g/mol. The van der Waals surface area contributed by atoms with Crippen molar-refractivity contribution in [1.82, 2.24) is 25.0 Å². The molecule has 4 rings (SSSR count). The minimum atomic E-state index is -0.985. The van der Waals surface area contributed by atoms with Crippen molar-refractivity contribution in [2.45, 2.75) is 50.7 Å². The van der Waals surface area contributed by atoms with Gasteiger partial charge in [0.25, 0.3) is 0 Å². The number of carboxylic acid groups (broad SMARTS) is 1. The van der Waals surface area contributed by atoms with Crippen LogP contribution < -0.4 is 10.6 Å². The summed E-state index contributed by atoms with van der Waals surface area (Å²) in [6.45, 7) is 3.13. The molecule has 27 heavy (non-hydrogen) atoms. The van der Waals surface area contributed by atoms with E-state index in [9.17, 15) is 9.59 Å². The average Bonchev–Trinajstić information content (AvgIpc) is 2.96. The SMILES string of the molecule is CC(=O)N1CCC(Nc2nn(C3CC(NC(=O)O)C3)c3ncccc23)CC1. The van der Waals surface area contributed by atoms with Gasteiger partial charge in [0.1, 0.15) is 0 Å². The van der Waals surface area contributed by atoms with E-state index < -0.39 is 6.09 Å². The Hall–Kier alpha value is -2.84. The zero-order valence-corrected chi connectivity index (χ0v) is 15.3. The third-order valence-electron chi connectivity index (χ3n) is 5.53. The normalized spacial score (nSPS) is 23.1. The van der Waals surface area contributed by atoms with E-state index >= 15 is 0 Å². The van der Waals surface area contributed by atoms with Gasteiger partial charge in [-0.2, -0.15) is 5.10 Å². The monoisotopic (exact) mass is 372 g/mol. The zero-order chi connectivity index (χ0) is 19.0. The smallest absolute Gasteiger partial charge is 0.404 e. The van der Waals surface area contributed by atoms with Crippen molar-refractivity contribution in [3.63, 3.8) is 0 Å². The standard InChI is InChI=1S/C18H24N6O3/c1-11(25)23-7-4-12(5-8-23)20-16-15-3-2-6-19-17(15)24(22-16)14-9-13(10-14)21-18(26)27/h2-3,6,12-14,21H,4-5,7-10H2,1H3,(H,20,22)(H,26,27). The topological polar surface area (TPSA) is 112 Å². The summed E-state index contributed by atoms with van der Waals surface area (Å²) >= 11 is 0. The quantitative estimate of drug-likeness (QED) is 0.755. The second kappa shape index (κ2) is 7.05. The van der Waals surface area contributed by atoms with Gasteiger partial charge in [-0.15, -0.1) is 0 Å². The van der Waals surface area contributed by atoms with Gasteiger partial charge in [0.2, 0.25) is 5.91 Å². The Morgan fingerprint density at radius 1 is 1.22 bits per heavy atom. The van der Waals surface area contributed by atoms with Gasteiger partial charge >= 0.3 is 6.09 Å². The van der Waals surface area contributed by atoms with Crippen LogP contribution in [0.25, 0.3) is 11.0 Å². The predicted octanol–water partition coefficient (Wildman–Crippen LogP) is 1.83. The largest absolute Gasteiger partial charge is 0.465 e. The Kier molecular flexibility index (Phi) is 4.59. The Labute approximate surface area is 156 Å². The number of pyridine rings is 1. The van der Waals surface area contributed by atoms with Crippen LogP contribution in [-0.4, -0.2) is 61.9 Å². The summed E-state index contributed by atoms with van der Waals surface area (Å²) in [6.07, 6.45) is 3.99. The van der Waals surface area contributed by atoms with Crippen LogP contribution >= 0.6 is 0 Å². The number of amides is 2. The van der Waals surface area contributed by atoms with E-state index in [-0.39, 0.29) is 24.0 Å². The molecule has 9 heteroatoms. The van der Waals surface area contributed by atoms with E-state index in [2.05, 4.69) is 15.6 Å². The Balaban J connectivity index is 1.48. The average molecular weight is 372 g/mol. The molecule has 2 amide bonds. The summed E-state index contributed by atoms with van der Waals surface area (Å²) in [5, 5.41) is 20.6. The van der Waals surface area contributed by atoms with Gasteiger partial charge in [0.05, 0.1) is 11.4 Å². The molecule has 1 aliphatic carbocycles. The molecular formula is C18H24N6O3. The first-order valence-corrected chi connectivity index (χ1v) is 9.36. The van der Waals surface area contributed by atoms with Crippen molar-refractivity contribution in [2.24, 2.45) is 0 Å². The molecule has 1 aliphatic heterocycles. The lowest BCUT2D eigenvalue weighted by molar-refractivity contribution is -0.129. The number of nitrogens with zero attached hydrogens (tertiary/aromatic N) is 4. The van der Waals surface area contributed by atoms with Gasteiger partial charge in [-0.25, -0.2) is 14.5 Å². The van der Waals surface area contributed by atoms with Crippen LogP contribution in [0.15, 0.2) is 18.3 Å². The van der Waals surface area contributed by atoms with Crippen LogP contribution in [0.1, 0.15) is 38.6 Å². The Bertz CT molecular complexity index is 852. The molecule has 1 saturated carbocycles. The molecule has 3 N–H and O–H groups in total. The lowest BCUT2D eigenvalue weighted by atomic mass is 9.87. The highest BCUT2D eigenvalue weighted by Crippen LogP contribution is 2.36. The number of anilines is 1. The van der Waals surface area contributed by atoms with Crippen LogP contribution in [-0.2, 0) is 4.79 Å². The molecule has 3 heterocycles. The molecule has 2 aromatic rings. The Morgan fingerprint density at radius 3 is 2.63 bits per heavy atom. The van der Waals surface area contributed by atoms with Crippen LogP contribution in [0.4, 0.5) is 10.6 Å². The molecule has 2 aliphatic rings. The summed E-state index contributed by atoms with van der Waals surface area (Å²) < 4.78 is 1.92. The Morgan fingerprint density at radius 2 is 1.96 bits per heavy atom. The molecule has 0 bridgehead atoms. The number of carbonyl (C=O) groups excluding carboxylic acids is 1. The fourth-order valence-corrected chi connectivity index (χ4v) is 3.95. The maximum Gasteiger partial charge on any atom is 0.404 e. The van der Waals surface area contributed by atoms with Crippen LogP contribution in [0.5, 0.6) is 0 Å². The fraction of sp³-hybridized carbons (Fsp3) is 0.556. The van der Waals surface area contributed by atoms with Crippen LogP contribution in [0, 0.1) is 0 Å². The number of hydrogen-bond acceptors (Lipinski definition) is 5. The highest BCUT2D eigenvalue weighted by atomic mass is 16.4. The number of nitrogens with one attached hydrogen (secondary N) is 2. The first kappa shape index (κ1) is 17.6. The molecule has 0 radical (unpaired) electrons. The van der Waals surface area contributed by atoms with E-state index in [0.717, 1.165) is 55.6 Å². The summed E-state index contributed by atoms with van der Waals surface area (Å²) in [6, 6.07) is 4.30. The van der Waals surface area contributed by atoms with Crippen molar-refractivity contribution in [2.75, 3.05) is 18.4 Å². The molecule has 0 unspecified atom stereocenters. The highest BCUT2D eigenvalue weighted by molar-refractivity contribution is 5.87. The number of likely N-dealkylation sites (tertiary alicyclic amines) is 1. The predicted molar refractivity (Wildman–Crippen MR) is 99.6 cm³/mol. The maximum atomic E-state index is 11.5. The molecule has 9 nitrogen and oxygen atoms in total. The fourth-order valence-electron chi connectivity index (χ4n) is 3.95. The highest BCUT2D eigenvalue weighted by Gasteiger charge is 2.34. The van der Waals surface area contributed by atoms with E-state index in [4.69, 9.17) is 10.2 Å². The first-order valence-electron chi connectivity index (χ1n) is 9.36. The second-order valence-electron chi connectivity index (χ2n) is 7.36. The minimum absolute atomic E-state index is 0.0252. The number of piperidine rings is 1. The van der Waals surface area contributed by atoms with E-state index in [1.54, 1.807) is 13.1 Å². The molecule has 144 valence electrons. The number of fused-ring (bicyclic) bond motifs is 1. The molecule has 0 atom stereocenters. The summed E-state index contributed by atoms with van der Waals surface area (Å²) in [7, 11) is 0. The molecule has 0 aromatic carbocycles. The molecule has 1 saturated heterocycles. The van der Waals surface area contributed by atoms with Gasteiger partial charge in [-0.1, -0.05) is 0 Å². The lowest BCUT2D eigenvalue weighted by Gasteiger charge is -2.35. The van der Waals surface area contributed by atoms with Crippen molar-refractivity contribution < 1.29 is 14.7 Å². The zero-order valence-electron chi connectivity index (χ0n) is 15.3. The van der Waals surface area contributed by atoms with E-state index in [1.807, 2.05) is 21.7 Å². The molecule has 2 aromatic heterocycles. The van der Waals surface area contributed by atoms with Crippen LogP contribution in [0.2, 0.25) is 0 Å². The molecule has 0 spiro atoms. The van der Waals surface area contributed by atoms with E-state index in [1.165, 1.54) is 0 Å². The number of carbonyl (C=O) groups is 2. The minimum Gasteiger partial charge on any atom is -0.465 e. The third-order valence-corrected chi connectivity index (χ3v) is 5.53. The lowest BCUT2D eigenvalue weighted by Crippen LogP contribution is -2.44. The van der Waals surface area contributed by atoms with Gasteiger partial charge in [-0.3, -0.25) is 4.79 Å². The maximum absolute atomic E-state index is 11.5. The van der Waals surface area contributed by atoms with Crippen LogP contribution in [0.3, 0.4) is 0 Å². The summed E-state index contributed by atoms with van der Waals surface area (Å²) in [5.74, 6) is 0.941. The third kappa shape index (κ3) is 3.54. The second-order valence-corrected chi connectivity index (χ2v) is 7.36.